The fraction of sp³-hybridized carbons (Fsp3) is 0.0526. The fourth-order valence-corrected chi connectivity index (χ4v) is 7.25. The molecule has 0 spiro atoms. The lowest BCUT2D eigenvalue weighted by atomic mass is 10.0. The average Bonchev–Trinajstić information content (AvgIpc) is 3.73. The predicted molar refractivity (Wildman–Crippen MR) is 197 cm³/mol. The molecule has 2 N–H and O–H groups in total. The van der Waals surface area contributed by atoms with E-state index in [0.29, 0.717) is 38.7 Å². The molecule has 0 aliphatic carbocycles. The largest absolute Gasteiger partial charge is 0.386 e. The van der Waals surface area contributed by atoms with Crippen LogP contribution in [0.25, 0.3) is 22.3 Å². The van der Waals surface area contributed by atoms with E-state index in [9.17, 15) is 23.6 Å². The van der Waals surface area contributed by atoms with Crippen LogP contribution in [0, 0.1) is 5.82 Å². The standard InChI is InChI=1S/C38H25Cl2FN2O5S2/c39-26-14-10-23(11-15-26)29-20-49-35(42-31(44)18-9-22-5-2-1-3-6-22)32(29)37(46)48-38(47)33-30(24-12-16-27(40)17-13-24)21-50-36(33)43-34(45)25-7-4-8-28(41)19-25/h1-8,10-17,19-21H,9,18H2,(H,42,44)(H,43,45). The highest BCUT2D eigenvalue weighted by molar-refractivity contribution is 7.15. The summed E-state index contributed by atoms with van der Waals surface area (Å²) >= 11 is 14.4. The number of carbonyl (C=O) groups is 4. The van der Waals surface area contributed by atoms with Crippen LogP contribution in [0.1, 0.15) is 43.1 Å². The van der Waals surface area contributed by atoms with E-state index in [1.54, 1.807) is 59.3 Å². The Balaban J connectivity index is 1.32. The molecule has 0 aliphatic rings. The van der Waals surface area contributed by atoms with Gasteiger partial charge in [0.25, 0.3) is 5.91 Å². The van der Waals surface area contributed by atoms with Crippen LogP contribution in [0.2, 0.25) is 10.0 Å². The highest BCUT2D eigenvalue weighted by Crippen LogP contribution is 2.40. The first-order chi connectivity index (χ1) is 24.2. The van der Waals surface area contributed by atoms with Crippen LogP contribution in [0.4, 0.5) is 14.4 Å². The molecule has 2 aromatic heterocycles. The number of halogens is 3. The summed E-state index contributed by atoms with van der Waals surface area (Å²) in [6.07, 6.45) is 0.634. The van der Waals surface area contributed by atoms with E-state index in [0.717, 1.165) is 34.3 Å². The van der Waals surface area contributed by atoms with Gasteiger partial charge in [0.15, 0.2) is 0 Å². The van der Waals surface area contributed by atoms with E-state index in [2.05, 4.69) is 10.6 Å². The molecule has 50 heavy (non-hydrogen) atoms. The first-order valence-electron chi connectivity index (χ1n) is 15.1. The van der Waals surface area contributed by atoms with Crippen molar-refractivity contribution >= 4 is 79.6 Å². The van der Waals surface area contributed by atoms with Crippen LogP contribution in [0.15, 0.2) is 114 Å². The molecule has 0 saturated heterocycles. The van der Waals surface area contributed by atoms with Crippen molar-refractivity contribution in [3.05, 3.63) is 152 Å². The summed E-state index contributed by atoms with van der Waals surface area (Å²) in [7, 11) is 0. The lowest BCUT2D eigenvalue weighted by Gasteiger charge is -2.11. The first kappa shape index (κ1) is 34.7. The highest BCUT2D eigenvalue weighted by atomic mass is 35.5. The van der Waals surface area contributed by atoms with Crippen LogP contribution < -0.4 is 10.6 Å². The minimum absolute atomic E-state index is 0.0210. The Morgan fingerprint density at radius 3 is 1.74 bits per heavy atom. The molecule has 0 bridgehead atoms. The van der Waals surface area contributed by atoms with Gasteiger partial charge in [0.05, 0.1) is 0 Å². The number of hydrogen-bond acceptors (Lipinski definition) is 7. The zero-order valence-electron chi connectivity index (χ0n) is 25.9. The summed E-state index contributed by atoms with van der Waals surface area (Å²) < 4.78 is 19.4. The minimum Gasteiger partial charge on any atom is -0.386 e. The lowest BCUT2D eigenvalue weighted by Crippen LogP contribution is -2.19. The summed E-state index contributed by atoms with van der Waals surface area (Å²) in [4.78, 5) is 54.1. The number of ether oxygens (including phenoxy) is 1. The van der Waals surface area contributed by atoms with Gasteiger partial charge in [-0.3, -0.25) is 9.59 Å². The number of hydrogen-bond donors (Lipinski definition) is 2. The zero-order valence-corrected chi connectivity index (χ0v) is 29.0. The molecule has 7 nitrogen and oxygen atoms in total. The third kappa shape index (κ3) is 8.18. The number of nitrogens with one attached hydrogen (secondary N) is 2. The Hall–Kier alpha value is -5.13. The minimum atomic E-state index is -1.05. The van der Waals surface area contributed by atoms with E-state index in [4.69, 9.17) is 27.9 Å². The number of amides is 2. The van der Waals surface area contributed by atoms with Crippen molar-refractivity contribution in [3.63, 3.8) is 0 Å². The Kier molecular flexibility index (Phi) is 10.8. The van der Waals surface area contributed by atoms with Crippen LogP contribution in [0.3, 0.4) is 0 Å². The molecule has 2 amide bonds. The summed E-state index contributed by atoms with van der Waals surface area (Å²) in [5, 5.41) is 10.0. The van der Waals surface area contributed by atoms with Crippen molar-refractivity contribution in [1.29, 1.82) is 0 Å². The Morgan fingerprint density at radius 1 is 0.660 bits per heavy atom. The summed E-state index contributed by atoms with van der Waals surface area (Å²) in [6, 6.07) is 28.0. The van der Waals surface area contributed by atoms with Crippen molar-refractivity contribution in [1.82, 2.24) is 0 Å². The van der Waals surface area contributed by atoms with Crippen LogP contribution in [-0.4, -0.2) is 23.8 Å². The van der Waals surface area contributed by atoms with Crippen LogP contribution >= 0.6 is 45.9 Å². The quantitative estimate of drug-likeness (QED) is 0.107. The molecule has 0 unspecified atom stereocenters. The maximum Gasteiger partial charge on any atom is 0.349 e. The molecule has 6 aromatic rings. The van der Waals surface area contributed by atoms with Gasteiger partial charge in [-0.15, -0.1) is 22.7 Å². The molecule has 0 radical (unpaired) electrons. The Morgan fingerprint density at radius 2 is 1.20 bits per heavy atom. The van der Waals surface area contributed by atoms with Gasteiger partial charge in [-0.1, -0.05) is 83.9 Å². The molecule has 0 fully saturated rings. The van der Waals surface area contributed by atoms with Crippen molar-refractivity contribution in [2.45, 2.75) is 12.8 Å². The second kappa shape index (κ2) is 15.6. The highest BCUT2D eigenvalue weighted by Gasteiger charge is 2.29. The van der Waals surface area contributed by atoms with Crippen molar-refractivity contribution in [3.8, 4) is 22.3 Å². The normalized spacial score (nSPS) is 10.8. The third-order valence-corrected chi connectivity index (χ3v) is 9.83. The topological polar surface area (TPSA) is 102 Å². The number of carbonyl (C=O) groups excluding carboxylic acids is 4. The van der Waals surface area contributed by atoms with E-state index >= 15 is 0 Å². The third-order valence-electron chi connectivity index (χ3n) is 7.54. The van der Waals surface area contributed by atoms with E-state index in [1.807, 2.05) is 30.3 Å². The van der Waals surface area contributed by atoms with Crippen molar-refractivity contribution < 1.29 is 28.3 Å². The number of aryl methyl sites for hydroxylation is 1. The Bertz CT molecular complexity index is 2200. The van der Waals surface area contributed by atoms with Gasteiger partial charge < -0.3 is 15.4 Å². The number of thiophene rings is 2. The summed E-state index contributed by atoms with van der Waals surface area (Å²) in [5.74, 6) is -3.67. The molecular formula is C38H25Cl2FN2O5S2. The van der Waals surface area contributed by atoms with Gasteiger partial charge in [-0.05, 0) is 65.6 Å². The summed E-state index contributed by atoms with van der Waals surface area (Å²) in [6.45, 7) is 0. The maximum absolute atomic E-state index is 14.0. The van der Waals surface area contributed by atoms with Crippen molar-refractivity contribution in [2.24, 2.45) is 0 Å². The van der Waals surface area contributed by atoms with Crippen LogP contribution in [0.5, 0.6) is 0 Å². The van der Waals surface area contributed by atoms with Gasteiger partial charge in [-0.2, -0.15) is 0 Å². The number of esters is 2. The van der Waals surface area contributed by atoms with Gasteiger partial charge in [-0.25, -0.2) is 14.0 Å². The molecule has 6 rings (SSSR count). The number of rotatable bonds is 10. The SMILES string of the molecule is O=C(CCc1ccccc1)Nc1scc(-c2ccc(Cl)cc2)c1C(=O)OC(=O)c1c(-c2ccc(Cl)cc2)csc1NC(=O)c1cccc(F)c1. The molecule has 0 saturated carbocycles. The zero-order chi connectivity index (χ0) is 35.2. The number of benzene rings is 4. The average molecular weight is 744 g/mol. The van der Waals surface area contributed by atoms with E-state index in [1.165, 1.54) is 18.2 Å². The van der Waals surface area contributed by atoms with Crippen molar-refractivity contribution in [2.75, 3.05) is 10.6 Å². The van der Waals surface area contributed by atoms with Gasteiger partial charge >= 0.3 is 11.9 Å². The van der Waals surface area contributed by atoms with Crippen LogP contribution in [-0.2, 0) is 16.0 Å². The summed E-state index contributed by atoms with van der Waals surface area (Å²) in [5.41, 5.74) is 2.87. The molecule has 2 heterocycles. The maximum atomic E-state index is 14.0. The lowest BCUT2D eigenvalue weighted by molar-refractivity contribution is -0.116. The fourth-order valence-electron chi connectivity index (χ4n) is 5.07. The van der Waals surface area contributed by atoms with Gasteiger partial charge in [0.1, 0.15) is 26.9 Å². The molecule has 0 aliphatic heterocycles. The predicted octanol–water partition coefficient (Wildman–Crippen LogP) is 10.4. The molecule has 4 aromatic carbocycles. The monoisotopic (exact) mass is 742 g/mol. The van der Waals surface area contributed by atoms with Gasteiger partial charge in [0.2, 0.25) is 5.91 Å². The molecule has 12 heteroatoms. The Labute approximate surface area is 304 Å². The van der Waals surface area contributed by atoms with E-state index in [-0.39, 0.29) is 39.0 Å². The molecular weight excluding hydrogens is 718 g/mol. The first-order valence-corrected chi connectivity index (χ1v) is 17.6. The molecule has 250 valence electrons. The van der Waals surface area contributed by atoms with Gasteiger partial charge in [0, 0.05) is 43.9 Å². The van der Waals surface area contributed by atoms with E-state index < -0.39 is 23.7 Å². The number of anilines is 2. The molecule has 0 atom stereocenters. The second-order valence-corrected chi connectivity index (χ2v) is 13.5. The second-order valence-electron chi connectivity index (χ2n) is 10.9. The smallest absolute Gasteiger partial charge is 0.349 e.